The molecule has 0 bridgehead atoms. The minimum atomic E-state index is -0.714. The molecule has 1 saturated heterocycles. The van der Waals surface area contributed by atoms with Crippen LogP contribution >= 0.6 is 0 Å². The Kier molecular flexibility index (Phi) is 7.81. The molecule has 0 radical (unpaired) electrons. The number of carboxylic acids is 1. The quantitative estimate of drug-likeness (QED) is 0.523. The van der Waals surface area contributed by atoms with Crippen molar-refractivity contribution in [2.24, 2.45) is 0 Å². The summed E-state index contributed by atoms with van der Waals surface area (Å²) in [5, 5.41) is 8.77. The molecule has 1 amide bonds. The largest absolute Gasteiger partial charge is 0.481 e. The molecule has 2 aliphatic rings. The lowest BCUT2D eigenvalue weighted by atomic mass is 9.92. The van der Waals surface area contributed by atoms with Crippen LogP contribution in [0, 0.1) is 0 Å². The van der Waals surface area contributed by atoms with E-state index in [1.165, 1.54) is 16.7 Å². The number of aryl methyl sites for hydroxylation is 2. The third-order valence-corrected chi connectivity index (χ3v) is 7.33. The van der Waals surface area contributed by atoms with Gasteiger partial charge in [0, 0.05) is 43.7 Å². The van der Waals surface area contributed by atoms with Crippen LogP contribution in [0.2, 0.25) is 0 Å². The summed E-state index contributed by atoms with van der Waals surface area (Å²) in [7, 11) is 0. The monoisotopic (exact) mass is 448 g/mol. The molecule has 0 aromatic heterocycles. The molecule has 5 heteroatoms. The highest BCUT2D eigenvalue weighted by Gasteiger charge is 2.33. The van der Waals surface area contributed by atoms with E-state index in [0.29, 0.717) is 12.5 Å². The smallest absolute Gasteiger partial charge is 0.303 e. The molecule has 2 aromatic carbocycles. The second kappa shape index (κ2) is 11.0. The van der Waals surface area contributed by atoms with Crippen molar-refractivity contribution in [1.82, 2.24) is 4.90 Å². The zero-order chi connectivity index (χ0) is 23.2. The minimum Gasteiger partial charge on any atom is -0.481 e. The number of likely N-dealkylation sites (tertiary alicyclic amines) is 1. The van der Waals surface area contributed by atoms with Crippen LogP contribution in [0.5, 0.6) is 0 Å². The van der Waals surface area contributed by atoms with Crippen molar-refractivity contribution in [3.8, 4) is 0 Å². The Morgan fingerprint density at radius 3 is 2.52 bits per heavy atom. The number of unbranched alkanes of at least 4 members (excludes halogenated alkanes) is 2. The zero-order valence-corrected chi connectivity index (χ0v) is 19.7. The summed E-state index contributed by atoms with van der Waals surface area (Å²) in [6.45, 7) is 4.29. The second-order valence-electron chi connectivity index (χ2n) is 9.54. The van der Waals surface area contributed by atoms with Crippen molar-refractivity contribution >= 4 is 17.6 Å². The molecule has 1 unspecified atom stereocenters. The number of piperidine rings is 1. The van der Waals surface area contributed by atoms with Crippen molar-refractivity contribution < 1.29 is 14.7 Å². The van der Waals surface area contributed by atoms with Crippen molar-refractivity contribution in [3.63, 3.8) is 0 Å². The first-order valence-corrected chi connectivity index (χ1v) is 12.5. The number of carbonyl (C=O) groups is 2. The van der Waals surface area contributed by atoms with Crippen molar-refractivity contribution in [1.29, 1.82) is 0 Å². The van der Waals surface area contributed by atoms with Crippen molar-refractivity contribution in [3.05, 3.63) is 65.2 Å². The average molecular weight is 449 g/mol. The molecule has 2 aromatic rings. The Morgan fingerprint density at radius 2 is 1.79 bits per heavy atom. The van der Waals surface area contributed by atoms with Crippen LogP contribution in [0.1, 0.15) is 74.6 Å². The van der Waals surface area contributed by atoms with Crippen molar-refractivity contribution in [2.45, 2.75) is 76.8 Å². The van der Waals surface area contributed by atoms with Crippen LogP contribution in [0.4, 0.5) is 5.69 Å². The van der Waals surface area contributed by atoms with E-state index in [9.17, 15) is 9.59 Å². The van der Waals surface area contributed by atoms with Gasteiger partial charge in [0.1, 0.15) is 0 Å². The number of carboxylic acid groups (broad SMARTS) is 1. The van der Waals surface area contributed by atoms with Crippen LogP contribution in [0.3, 0.4) is 0 Å². The fraction of sp³-hybridized carbons (Fsp3) is 0.500. The lowest BCUT2D eigenvalue weighted by molar-refractivity contribution is -0.137. The first-order valence-electron chi connectivity index (χ1n) is 12.5. The first kappa shape index (κ1) is 23.5. The third-order valence-electron chi connectivity index (χ3n) is 7.33. The predicted octanol–water partition coefficient (Wildman–Crippen LogP) is 5.38. The summed E-state index contributed by atoms with van der Waals surface area (Å²) in [5.41, 5.74) is 5.05. The number of nitrogens with zero attached hydrogens (tertiary/aromatic N) is 2. The van der Waals surface area contributed by atoms with Gasteiger partial charge in [0.2, 0.25) is 5.91 Å². The molecule has 5 nitrogen and oxygen atoms in total. The van der Waals surface area contributed by atoms with Gasteiger partial charge in [0.05, 0.1) is 0 Å². The highest BCUT2D eigenvalue weighted by atomic mass is 16.4. The maximum absolute atomic E-state index is 12.9. The summed E-state index contributed by atoms with van der Waals surface area (Å²) in [6.07, 6.45) is 7.34. The first-order chi connectivity index (χ1) is 16.0. The normalized spacial score (nSPS) is 18.2. The molecule has 1 atom stereocenters. The molecule has 0 spiro atoms. The molecule has 33 heavy (non-hydrogen) atoms. The van der Waals surface area contributed by atoms with Gasteiger partial charge in [-0.15, -0.1) is 0 Å². The van der Waals surface area contributed by atoms with Gasteiger partial charge in [-0.25, -0.2) is 0 Å². The summed E-state index contributed by atoms with van der Waals surface area (Å²) >= 11 is 0. The van der Waals surface area contributed by atoms with Gasteiger partial charge in [0.15, 0.2) is 0 Å². The molecular weight excluding hydrogens is 412 g/mol. The minimum absolute atomic E-state index is 0.254. The number of hydrogen-bond acceptors (Lipinski definition) is 3. The van der Waals surface area contributed by atoms with E-state index in [1.54, 1.807) is 0 Å². The molecule has 0 aliphatic carbocycles. The lowest BCUT2D eigenvalue weighted by Crippen LogP contribution is -2.49. The van der Waals surface area contributed by atoms with Gasteiger partial charge in [-0.2, -0.15) is 0 Å². The number of benzene rings is 2. The zero-order valence-electron chi connectivity index (χ0n) is 19.7. The number of aliphatic carboxylic acids is 1. The Balaban J connectivity index is 1.36. The van der Waals surface area contributed by atoms with Crippen LogP contribution in [0.25, 0.3) is 0 Å². The van der Waals surface area contributed by atoms with Gasteiger partial charge < -0.3 is 10.0 Å². The number of rotatable bonds is 9. The molecule has 2 heterocycles. The lowest BCUT2D eigenvalue weighted by Gasteiger charge is -2.42. The Morgan fingerprint density at radius 1 is 1.03 bits per heavy atom. The summed E-state index contributed by atoms with van der Waals surface area (Å²) in [4.78, 5) is 28.2. The molecule has 0 saturated carbocycles. The van der Waals surface area contributed by atoms with E-state index in [-0.39, 0.29) is 18.4 Å². The molecule has 176 valence electrons. The maximum atomic E-state index is 12.9. The molecule has 1 fully saturated rings. The van der Waals surface area contributed by atoms with E-state index in [4.69, 9.17) is 5.11 Å². The average Bonchev–Trinajstić information content (AvgIpc) is 2.84. The van der Waals surface area contributed by atoms with Crippen LogP contribution in [0.15, 0.2) is 48.5 Å². The predicted molar refractivity (Wildman–Crippen MR) is 132 cm³/mol. The third kappa shape index (κ3) is 5.83. The number of amides is 1. The summed E-state index contributed by atoms with van der Waals surface area (Å²) in [6, 6.07) is 17.9. The van der Waals surface area contributed by atoms with Gasteiger partial charge in [-0.05, 0) is 68.2 Å². The van der Waals surface area contributed by atoms with Gasteiger partial charge >= 0.3 is 5.97 Å². The maximum Gasteiger partial charge on any atom is 0.303 e. The number of anilines is 1. The highest BCUT2D eigenvalue weighted by Crippen LogP contribution is 2.34. The van der Waals surface area contributed by atoms with Gasteiger partial charge in [-0.1, -0.05) is 48.9 Å². The SMILES string of the molecule is CC(c1ccccc1)N1CCC(N2C(=O)CCc3cc(CCCCCC(=O)O)ccc32)CC1. The van der Waals surface area contributed by atoms with E-state index in [2.05, 4.69) is 65.3 Å². The van der Waals surface area contributed by atoms with E-state index in [0.717, 1.165) is 63.7 Å². The van der Waals surface area contributed by atoms with Gasteiger partial charge in [-0.3, -0.25) is 14.5 Å². The molecule has 1 N–H and O–H groups in total. The molecular formula is C28H36N2O3. The fourth-order valence-corrected chi connectivity index (χ4v) is 5.38. The Bertz CT molecular complexity index is 951. The highest BCUT2D eigenvalue weighted by molar-refractivity contribution is 5.97. The Hall–Kier alpha value is -2.66. The van der Waals surface area contributed by atoms with E-state index < -0.39 is 5.97 Å². The number of carbonyl (C=O) groups excluding carboxylic acids is 1. The van der Waals surface area contributed by atoms with E-state index in [1.807, 2.05) is 0 Å². The molecule has 4 rings (SSSR count). The van der Waals surface area contributed by atoms with E-state index >= 15 is 0 Å². The topological polar surface area (TPSA) is 60.9 Å². The molecule has 2 aliphatic heterocycles. The van der Waals surface area contributed by atoms with Crippen LogP contribution < -0.4 is 4.90 Å². The second-order valence-corrected chi connectivity index (χ2v) is 9.54. The standard InChI is InChI=1S/C28H36N2O3/c1-21(23-9-5-3-6-10-23)29-18-16-25(17-19-29)30-26-14-12-22(8-4-2-7-11-28(32)33)20-24(26)13-15-27(30)31/h3,5-6,9-10,12,14,20-21,25H,2,4,7-8,11,13,15-19H2,1H3,(H,32,33). The summed E-state index contributed by atoms with van der Waals surface area (Å²) < 4.78 is 0. The fourth-order valence-electron chi connectivity index (χ4n) is 5.38. The van der Waals surface area contributed by atoms with Crippen molar-refractivity contribution in [2.75, 3.05) is 18.0 Å². The van der Waals surface area contributed by atoms with Crippen LogP contribution in [-0.2, 0) is 22.4 Å². The van der Waals surface area contributed by atoms with Crippen LogP contribution in [-0.4, -0.2) is 41.0 Å². The number of fused-ring (bicyclic) bond motifs is 1. The number of hydrogen-bond donors (Lipinski definition) is 1. The summed E-state index contributed by atoms with van der Waals surface area (Å²) in [5.74, 6) is -0.452. The van der Waals surface area contributed by atoms with Gasteiger partial charge in [0.25, 0.3) is 0 Å². The Labute approximate surface area is 197 Å².